The van der Waals surface area contributed by atoms with E-state index >= 15 is 0 Å². The van der Waals surface area contributed by atoms with E-state index in [-0.39, 0.29) is 5.41 Å². The minimum absolute atomic E-state index is 0.276. The van der Waals surface area contributed by atoms with Crippen LogP contribution >= 0.6 is 0 Å². The summed E-state index contributed by atoms with van der Waals surface area (Å²) in [6, 6.07) is 0. The van der Waals surface area contributed by atoms with Gasteiger partial charge >= 0.3 is 0 Å². The van der Waals surface area contributed by atoms with Gasteiger partial charge < -0.3 is 5.11 Å². The molecule has 4 aliphatic carbocycles. The number of hydrogen-bond acceptors (Lipinski definition) is 1. The molecular formula is C17H30O. The van der Waals surface area contributed by atoms with Crippen molar-refractivity contribution < 1.29 is 5.11 Å². The second-order valence-corrected chi connectivity index (χ2v) is 7.86. The van der Waals surface area contributed by atoms with E-state index in [0.29, 0.717) is 5.92 Å². The second-order valence-electron chi connectivity index (χ2n) is 7.86. The van der Waals surface area contributed by atoms with Crippen LogP contribution in [0.5, 0.6) is 0 Å². The minimum Gasteiger partial charge on any atom is -0.389 e. The first-order valence-corrected chi connectivity index (χ1v) is 8.23. The maximum atomic E-state index is 11.3. The van der Waals surface area contributed by atoms with Crippen molar-refractivity contribution in [3.63, 3.8) is 0 Å². The van der Waals surface area contributed by atoms with Crippen molar-refractivity contribution >= 4 is 0 Å². The fourth-order valence-electron chi connectivity index (χ4n) is 6.25. The average molecular weight is 250 g/mol. The van der Waals surface area contributed by atoms with E-state index in [2.05, 4.69) is 20.8 Å². The summed E-state index contributed by atoms with van der Waals surface area (Å²) in [5.41, 5.74) is -0.148. The van der Waals surface area contributed by atoms with Crippen LogP contribution in [0.2, 0.25) is 0 Å². The van der Waals surface area contributed by atoms with Gasteiger partial charge in [-0.2, -0.15) is 0 Å². The van der Waals surface area contributed by atoms with Crippen molar-refractivity contribution in [1.82, 2.24) is 0 Å². The van der Waals surface area contributed by atoms with Gasteiger partial charge in [-0.1, -0.05) is 26.7 Å². The van der Waals surface area contributed by atoms with Crippen LogP contribution in [0.15, 0.2) is 0 Å². The summed E-state index contributed by atoms with van der Waals surface area (Å²) in [4.78, 5) is 0. The summed E-state index contributed by atoms with van der Waals surface area (Å²) in [6.45, 7) is 6.68. The van der Waals surface area contributed by atoms with Gasteiger partial charge in [0.1, 0.15) is 0 Å². The molecule has 1 N–H and O–H groups in total. The van der Waals surface area contributed by atoms with Crippen molar-refractivity contribution in [2.45, 2.75) is 77.7 Å². The third-order valence-corrected chi connectivity index (χ3v) is 6.89. The molecular weight excluding hydrogens is 220 g/mol. The fourth-order valence-corrected chi connectivity index (χ4v) is 6.25. The monoisotopic (exact) mass is 250 g/mol. The zero-order chi connectivity index (χ0) is 13.0. The average Bonchev–Trinajstić information content (AvgIpc) is 2.28. The van der Waals surface area contributed by atoms with Crippen LogP contribution in [0.3, 0.4) is 0 Å². The Balaban J connectivity index is 1.90. The molecule has 1 atom stereocenters. The maximum Gasteiger partial charge on any atom is 0.0703 e. The van der Waals surface area contributed by atoms with E-state index in [1.807, 2.05) is 0 Å². The van der Waals surface area contributed by atoms with Gasteiger partial charge in [0.2, 0.25) is 0 Å². The molecule has 4 aliphatic rings. The highest BCUT2D eigenvalue weighted by molar-refractivity contribution is 5.10. The molecule has 1 nitrogen and oxygen atoms in total. The highest BCUT2D eigenvalue weighted by atomic mass is 16.3. The summed E-state index contributed by atoms with van der Waals surface area (Å²) < 4.78 is 0. The van der Waals surface area contributed by atoms with Crippen molar-refractivity contribution in [1.29, 1.82) is 0 Å². The van der Waals surface area contributed by atoms with Crippen LogP contribution in [0.4, 0.5) is 0 Å². The van der Waals surface area contributed by atoms with E-state index in [1.165, 1.54) is 38.5 Å². The van der Waals surface area contributed by atoms with Crippen LogP contribution in [0, 0.1) is 29.1 Å². The minimum atomic E-state index is -0.424. The van der Waals surface area contributed by atoms with Gasteiger partial charge in [-0.15, -0.1) is 0 Å². The standard InChI is InChI=1S/C17H30O/c1-4-15(5-2)16(3,18)17-9-12-6-13(10-17)8-14(7-12)11-17/h12-15,18H,4-11H2,1-3H3. The normalized spacial score (nSPS) is 45.5. The van der Waals surface area contributed by atoms with Gasteiger partial charge in [0, 0.05) is 0 Å². The molecule has 1 heteroatoms. The summed E-state index contributed by atoms with van der Waals surface area (Å²) in [6.07, 6.45) is 10.6. The Morgan fingerprint density at radius 2 is 1.39 bits per heavy atom. The first-order valence-electron chi connectivity index (χ1n) is 8.23. The van der Waals surface area contributed by atoms with Gasteiger partial charge in [-0.3, -0.25) is 0 Å². The summed E-state index contributed by atoms with van der Waals surface area (Å²) >= 11 is 0. The van der Waals surface area contributed by atoms with E-state index in [9.17, 15) is 5.11 Å². The third-order valence-electron chi connectivity index (χ3n) is 6.89. The van der Waals surface area contributed by atoms with Gasteiger partial charge in [-0.05, 0) is 74.5 Å². The smallest absolute Gasteiger partial charge is 0.0703 e. The van der Waals surface area contributed by atoms with Gasteiger partial charge in [0.05, 0.1) is 5.60 Å². The first-order chi connectivity index (χ1) is 8.50. The molecule has 104 valence electrons. The lowest BCUT2D eigenvalue weighted by atomic mass is 9.44. The molecule has 0 saturated heterocycles. The molecule has 4 rings (SSSR count). The van der Waals surface area contributed by atoms with Gasteiger partial charge in [0.25, 0.3) is 0 Å². The van der Waals surface area contributed by atoms with Gasteiger partial charge in [-0.25, -0.2) is 0 Å². The van der Waals surface area contributed by atoms with E-state index < -0.39 is 5.60 Å². The van der Waals surface area contributed by atoms with Crippen LogP contribution in [0.1, 0.15) is 72.1 Å². The SMILES string of the molecule is CCC(CC)C(C)(O)C12CC3CC(CC(C3)C1)C2. The topological polar surface area (TPSA) is 20.2 Å². The van der Waals surface area contributed by atoms with Crippen molar-refractivity contribution in [3.8, 4) is 0 Å². The Hall–Kier alpha value is -0.0400. The highest BCUT2D eigenvalue weighted by Crippen LogP contribution is 2.65. The maximum absolute atomic E-state index is 11.3. The molecule has 0 radical (unpaired) electrons. The molecule has 18 heavy (non-hydrogen) atoms. The van der Waals surface area contributed by atoms with E-state index in [4.69, 9.17) is 0 Å². The molecule has 0 aliphatic heterocycles. The Bertz CT molecular complexity index is 278. The Kier molecular flexibility index (Phi) is 3.05. The quantitative estimate of drug-likeness (QED) is 0.784. The van der Waals surface area contributed by atoms with Crippen molar-refractivity contribution in [2.75, 3.05) is 0 Å². The highest BCUT2D eigenvalue weighted by Gasteiger charge is 2.59. The zero-order valence-corrected chi connectivity index (χ0v) is 12.4. The molecule has 0 heterocycles. The van der Waals surface area contributed by atoms with Gasteiger partial charge in [0.15, 0.2) is 0 Å². The van der Waals surface area contributed by atoms with Crippen LogP contribution < -0.4 is 0 Å². The largest absolute Gasteiger partial charge is 0.389 e. The lowest BCUT2D eigenvalue weighted by Crippen LogP contribution is -2.59. The van der Waals surface area contributed by atoms with E-state index in [1.54, 1.807) is 0 Å². The summed E-state index contributed by atoms with van der Waals surface area (Å²) in [5.74, 6) is 3.32. The third kappa shape index (κ3) is 1.69. The molecule has 0 aromatic heterocycles. The molecule has 0 aromatic carbocycles. The predicted molar refractivity (Wildman–Crippen MR) is 75.3 cm³/mol. The fraction of sp³-hybridized carbons (Fsp3) is 1.00. The lowest BCUT2D eigenvalue weighted by Gasteiger charge is -2.63. The molecule has 0 amide bonds. The van der Waals surface area contributed by atoms with Crippen LogP contribution in [-0.4, -0.2) is 10.7 Å². The lowest BCUT2D eigenvalue weighted by molar-refractivity contribution is -0.195. The Labute approximate surface area is 112 Å². The van der Waals surface area contributed by atoms with Crippen LogP contribution in [0.25, 0.3) is 0 Å². The summed E-state index contributed by atoms with van der Waals surface area (Å²) in [7, 11) is 0. The number of rotatable bonds is 4. The van der Waals surface area contributed by atoms with Crippen molar-refractivity contribution in [2.24, 2.45) is 29.1 Å². The van der Waals surface area contributed by atoms with E-state index in [0.717, 1.165) is 30.6 Å². The second kappa shape index (κ2) is 4.23. The number of hydrogen-bond donors (Lipinski definition) is 1. The van der Waals surface area contributed by atoms with Crippen LogP contribution in [-0.2, 0) is 0 Å². The Morgan fingerprint density at radius 3 is 1.72 bits per heavy atom. The summed E-state index contributed by atoms with van der Waals surface area (Å²) in [5, 5.41) is 11.3. The van der Waals surface area contributed by atoms with Crippen molar-refractivity contribution in [3.05, 3.63) is 0 Å². The predicted octanol–water partition coefficient (Wildman–Crippen LogP) is 4.39. The molecule has 1 unspecified atom stereocenters. The molecule has 4 saturated carbocycles. The molecule has 0 aromatic rings. The Morgan fingerprint density at radius 1 is 1.00 bits per heavy atom. The molecule has 0 spiro atoms. The first kappa shape index (κ1) is 13.0. The molecule has 4 fully saturated rings. The molecule has 4 bridgehead atoms. The number of aliphatic hydroxyl groups is 1. The zero-order valence-electron chi connectivity index (χ0n) is 12.4.